The van der Waals surface area contributed by atoms with Crippen molar-refractivity contribution in [2.45, 2.75) is 33.1 Å². The quantitative estimate of drug-likeness (QED) is 0.876. The first-order chi connectivity index (χ1) is 7.84. The summed E-state index contributed by atoms with van der Waals surface area (Å²) in [4.78, 5) is 11.6. The van der Waals surface area contributed by atoms with Crippen LogP contribution in [0.2, 0.25) is 5.02 Å². The van der Waals surface area contributed by atoms with Crippen molar-refractivity contribution in [3.05, 3.63) is 34.9 Å². The summed E-state index contributed by atoms with van der Waals surface area (Å²) < 4.78 is 0. The van der Waals surface area contributed by atoms with E-state index in [0.29, 0.717) is 6.42 Å². The van der Waals surface area contributed by atoms with Crippen molar-refractivity contribution in [1.29, 1.82) is 0 Å². The number of rotatable bonds is 3. The zero-order chi connectivity index (χ0) is 13.1. The first-order valence-corrected chi connectivity index (χ1v) is 6.18. The van der Waals surface area contributed by atoms with Crippen LogP contribution in [0.1, 0.15) is 38.7 Å². The Kier molecular flexibility index (Phi) is 4.58. The number of hydrogen-bond donors (Lipinski definition) is 1. The van der Waals surface area contributed by atoms with E-state index >= 15 is 0 Å². The van der Waals surface area contributed by atoms with Gasteiger partial charge in [0.2, 0.25) is 5.91 Å². The minimum atomic E-state index is 0.0420. The molecule has 1 unspecified atom stereocenters. The van der Waals surface area contributed by atoms with Crippen LogP contribution in [0.25, 0.3) is 0 Å². The molecular formula is C14H20ClNO. The molecule has 1 rings (SSSR count). The smallest absolute Gasteiger partial charge is 0.220 e. The Balaban J connectivity index is 2.98. The maximum Gasteiger partial charge on any atom is 0.220 e. The Morgan fingerprint density at radius 1 is 1.29 bits per heavy atom. The third-order valence-electron chi connectivity index (χ3n) is 2.99. The Morgan fingerprint density at radius 2 is 1.82 bits per heavy atom. The summed E-state index contributed by atoms with van der Waals surface area (Å²) in [6.45, 7) is 6.44. The molecular weight excluding hydrogens is 234 g/mol. The van der Waals surface area contributed by atoms with E-state index in [1.807, 2.05) is 24.3 Å². The van der Waals surface area contributed by atoms with Gasteiger partial charge in [-0.25, -0.2) is 0 Å². The number of carbonyl (C=O) groups excluding carboxylic acids is 1. The van der Waals surface area contributed by atoms with Crippen LogP contribution in [0.4, 0.5) is 0 Å². The van der Waals surface area contributed by atoms with Gasteiger partial charge in [0.25, 0.3) is 0 Å². The molecule has 0 saturated carbocycles. The number of halogens is 1. The second-order valence-electron chi connectivity index (χ2n) is 5.35. The summed E-state index contributed by atoms with van der Waals surface area (Å²) in [6, 6.07) is 7.75. The van der Waals surface area contributed by atoms with Gasteiger partial charge in [0.15, 0.2) is 0 Å². The van der Waals surface area contributed by atoms with Gasteiger partial charge in [-0.15, -0.1) is 0 Å². The molecule has 0 aliphatic rings. The van der Waals surface area contributed by atoms with Crippen molar-refractivity contribution in [2.24, 2.45) is 5.41 Å². The summed E-state index contributed by atoms with van der Waals surface area (Å²) in [6.07, 6.45) is 0.502. The summed E-state index contributed by atoms with van der Waals surface area (Å²) in [5.41, 5.74) is 1.20. The molecule has 3 heteroatoms. The molecule has 1 amide bonds. The lowest BCUT2D eigenvalue weighted by Gasteiger charge is -2.30. The molecule has 0 aliphatic carbocycles. The molecule has 0 spiro atoms. The van der Waals surface area contributed by atoms with Crippen molar-refractivity contribution < 1.29 is 4.79 Å². The predicted octanol–water partition coefficient (Wildman–Crippen LogP) is 3.61. The lowest BCUT2D eigenvalue weighted by atomic mass is 9.74. The number of carbonyl (C=O) groups is 1. The molecule has 0 heterocycles. The van der Waals surface area contributed by atoms with Crippen molar-refractivity contribution in [3.8, 4) is 0 Å². The molecule has 0 radical (unpaired) electrons. The summed E-state index contributed by atoms with van der Waals surface area (Å²) in [7, 11) is 1.67. The molecule has 0 fully saturated rings. The Morgan fingerprint density at radius 3 is 2.24 bits per heavy atom. The number of hydrogen-bond acceptors (Lipinski definition) is 1. The molecule has 1 aromatic rings. The summed E-state index contributed by atoms with van der Waals surface area (Å²) in [5, 5.41) is 3.41. The molecule has 0 bridgehead atoms. The van der Waals surface area contributed by atoms with Gasteiger partial charge < -0.3 is 5.32 Å². The van der Waals surface area contributed by atoms with Crippen LogP contribution in [0.5, 0.6) is 0 Å². The van der Waals surface area contributed by atoms with Gasteiger partial charge >= 0.3 is 0 Å². The molecule has 1 aromatic carbocycles. The van der Waals surface area contributed by atoms with E-state index in [-0.39, 0.29) is 17.2 Å². The fraction of sp³-hybridized carbons (Fsp3) is 0.500. The van der Waals surface area contributed by atoms with Gasteiger partial charge in [0, 0.05) is 18.5 Å². The second-order valence-corrected chi connectivity index (χ2v) is 5.78. The first kappa shape index (κ1) is 14.0. The van der Waals surface area contributed by atoms with Crippen LogP contribution < -0.4 is 5.32 Å². The van der Waals surface area contributed by atoms with Gasteiger partial charge in [0.05, 0.1) is 0 Å². The van der Waals surface area contributed by atoms with Crippen LogP contribution >= 0.6 is 11.6 Å². The molecule has 1 N–H and O–H groups in total. The topological polar surface area (TPSA) is 29.1 Å². The minimum absolute atomic E-state index is 0.0420. The van der Waals surface area contributed by atoms with E-state index in [1.54, 1.807) is 7.05 Å². The van der Waals surface area contributed by atoms with E-state index in [0.717, 1.165) is 10.6 Å². The monoisotopic (exact) mass is 253 g/mol. The van der Waals surface area contributed by atoms with E-state index in [1.165, 1.54) is 0 Å². The number of amides is 1. The summed E-state index contributed by atoms with van der Waals surface area (Å²) >= 11 is 5.88. The van der Waals surface area contributed by atoms with Gasteiger partial charge in [-0.3, -0.25) is 4.79 Å². The molecule has 0 aliphatic heterocycles. The lowest BCUT2D eigenvalue weighted by molar-refractivity contribution is -0.121. The van der Waals surface area contributed by atoms with Gasteiger partial charge in [-0.2, -0.15) is 0 Å². The van der Waals surface area contributed by atoms with Gasteiger partial charge in [0.1, 0.15) is 0 Å². The van der Waals surface area contributed by atoms with Gasteiger partial charge in [-0.05, 0) is 29.0 Å². The fourth-order valence-corrected chi connectivity index (χ4v) is 2.03. The predicted molar refractivity (Wildman–Crippen MR) is 72.3 cm³/mol. The largest absolute Gasteiger partial charge is 0.359 e. The van der Waals surface area contributed by atoms with Crippen molar-refractivity contribution in [3.63, 3.8) is 0 Å². The zero-order valence-electron chi connectivity index (χ0n) is 10.9. The molecule has 17 heavy (non-hydrogen) atoms. The average molecular weight is 254 g/mol. The third-order valence-corrected chi connectivity index (χ3v) is 3.24. The third kappa shape index (κ3) is 4.04. The van der Waals surface area contributed by atoms with Crippen molar-refractivity contribution in [1.82, 2.24) is 5.32 Å². The highest BCUT2D eigenvalue weighted by Gasteiger charge is 2.28. The molecule has 0 saturated heterocycles. The van der Waals surface area contributed by atoms with Crippen LogP contribution in [-0.2, 0) is 4.79 Å². The van der Waals surface area contributed by atoms with Crippen LogP contribution in [0.15, 0.2) is 24.3 Å². The standard InChI is InChI=1S/C14H20ClNO/c1-14(2,3)12(9-13(17)16-4)10-5-7-11(15)8-6-10/h5-8,12H,9H2,1-4H3,(H,16,17). The van der Waals surface area contributed by atoms with Crippen LogP contribution in [0, 0.1) is 5.41 Å². The molecule has 1 atom stereocenters. The highest BCUT2D eigenvalue weighted by molar-refractivity contribution is 6.30. The SMILES string of the molecule is CNC(=O)CC(c1ccc(Cl)cc1)C(C)(C)C. The Bertz CT molecular complexity index is 378. The van der Waals surface area contributed by atoms with E-state index in [2.05, 4.69) is 26.1 Å². The summed E-state index contributed by atoms with van der Waals surface area (Å²) in [5.74, 6) is 0.264. The minimum Gasteiger partial charge on any atom is -0.359 e. The maximum atomic E-state index is 11.6. The molecule has 2 nitrogen and oxygen atoms in total. The highest BCUT2D eigenvalue weighted by atomic mass is 35.5. The highest BCUT2D eigenvalue weighted by Crippen LogP contribution is 2.37. The molecule has 0 aromatic heterocycles. The second kappa shape index (κ2) is 5.54. The van der Waals surface area contributed by atoms with E-state index in [4.69, 9.17) is 11.6 Å². The number of benzene rings is 1. The van der Waals surface area contributed by atoms with E-state index in [9.17, 15) is 4.79 Å². The van der Waals surface area contributed by atoms with Crippen LogP contribution in [-0.4, -0.2) is 13.0 Å². The maximum absolute atomic E-state index is 11.6. The lowest BCUT2D eigenvalue weighted by Crippen LogP contribution is -2.27. The van der Waals surface area contributed by atoms with Gasteiger partial charge in [-0.1, -0.05) is 44.5 Å². The van der Waals surface area contributed by atoms with E-state index < -0.39 is 0 Å². The van der Waals surface area contributed by atoms with Crippen molar-refractivity contribution in [2.75, 3.05) is 7.05 Å². The number of nitrogens with one attached hydrogen (secondary N) is 1. The van der Waals surface area contributed by atoms with Crippen LogP contribution in [0.3, 0.4) is 0 Å². The van der Waals surface area contributed by atoms with Crippen molar-refractivity contribution >= 4 is 17.5 Å². The normalized spacial score (nSPS) is 13.2. The Labute approximate surface area is 108 Å². The zero-order valence-corrected chi connectivity index (χ0v) is 11.6. The fourth-order valence-electron chi connectivity index (χ4n) is 1.91. The first-order valence-electron chi connectivity index (χ1n) is 5.80. The Hall–Kier alpha value is -1.02. The molecule has 94 valence electrons. The average Bonchev–Trinajstić information content (AvgIpc) is 2.25.